The molecule has 0 amide bonds. The van der Waals surface area contributed by atoms with Crippen LogP contribution in [-0.2, 0) is 0 Å². The lowest BCUT2D eigenvalue weighted by Crippen LogP contribution is -2.66. The molecule has 0 bridgehead atoms. The average Bonchev–Trinajstić information content (AvgIpc) is 2.24. The summed E-state index contributed by atoms with van der Waals surface area (Å²) in [5.41, 5.74) is 0. The van der Waals surface area contributed by atoms with Crippen molar-refractivity contribution in [1.82, 2.24) is 0 Å². The van der Waals surface area contributed by atoms with Crippen LogP contribution in [0.2, 0.25) is 0 Å². The number of likely N-dealkylation sites (N-methyl/N-ethyl adjacent to an activating group) is 2. The van der Waals surface area contributed by atoms with Gasteiger partial charge in [0.2, 0.25) is 0 Å². The highest BCUT2D eigenvalue weighted by Gasteiger charge is 2.40. The minimum atomic E-state index is 0.985. The molecule has 0 radical (unpaired) electrons. The molecule has 1 saturated carbocycles. The quantitative estimate of drug-likeness (QED) is 0.582. The number of piperazine rings is 1. The number of nitrogens with zero attached hydrogens (tertiary/aromatic N) is 2. The van der Waals surface area contributed by atoms with Crippen LogP contribution in [0.5, 0.6) is 0 Å². The summed E-state index contributed by atoms with van der Waals surface area (Å²) in [5.74, 6) is 0. The Morgan fingerprint density at radius 1 is 0.733 bits per heavy atom. The van der Waals surface area contributed by atoms with Crippen LogP contribution in [0, 0.1) is 0 Å². The predicted molar refractivity (Wildman–Crippen MR) is 64.6 cm³/mol. The molecular formula is C13H28N2+2. The third-order valence-electron chi connectivity index (χ3n) is 4.89. The Balaban J connectivity index is 1.95. The van der Waals surface area contributed by atoms with Crippen LogP contribution in [-0.4, -0.2) is 62.3 Å². The highest BCUT2D eigenvalue weighted by atomic mass is 15.5. The summed E-state index contributed by atoms with van der Waals surface area (Å²) in [6.07, 6.45) is 7.43. The fraction of sp³-hybridized carbons (Fsp3) is 1.00. The summed E-state index contributed by atoms with van der Waals surface area (Å²) in [7, 11) is 7.27. The zero-order chi connectivity index (χ0) is 10.9. The Morgan fingerprint density at radius 3 is 1.80 bits per heavy atom. The van der Waals surface area contributed by atoms with E-state index in [4.69, 9.17) is 0 Å². The molecule has 0 unspecified atom stereocenters. The lowest BCUT2D eigenvalue weighted by atomic mass is 9.92. The van der Waals surface area contributed by atoms with Gasteiger partial charge in [0.1, 0.15) is 26.2 Å². The number of hydrogen-bond acceptors (Lipinski definition) is 0. The molecular weight excluding hydrogens is 184 g/mol. The fourth-order valence-corrected chi connectivity index (χ4v) is 3.29. The van der Waals surface area contributed by atoms with Gasteiger partial charge >= 0.3 is 0 Å². The molecule has 0 atom stereocenters. The van der Waals surface area contributed by atoms with Gasteiger partial charge in [-0.2, -0.15) is 0 Å². The van der Waals surface area contributed by atoms with Gasteiger partial charge in [-0.05, 0) is 25.7 Å². The Morgan fingerprint density at radius 2 is 1.27 bits per heavy atom. The maximum Gasteiger partial charge on any atom is 0.129 e. The molecule has 1 saturated heterocycles. The number of quaternary nitrogens is 2. The van der Waals surface area contributed by atoms with E-state index < -0.39 is 0 Å². The van der Waals surface area contributed by atoms with Crippen molar-refractivity contribution >= 4 is 0 Å². The van der Waals surface area contributed by atoms with Crippen LogP contribution in [0.4, 0.5) is 0 Å². The second kappa shape index (κ2) is 4.06. The second-order valence-electron chi connectivity index (χ2n) is 6.60. The van der Waals surface area contributed by atoms with E-state index in [9.17, 15) is 0 Å². The van der Waals surface area contributed by atoms with Crippen molar-refractivity contribution in [3.05, 3.63) is 0 Å². The van der Waals surface area contributed by atoms with E-state index >= 15 is 0 Å². The standard InChI is InChI=1S/C13H28N2/c1-14(2)9-11-15(3,12-10-14)13-7-5-4-6-8-13/h13H,4-12H2,1-3H3/q+2. The molecule has 2 fully saturated rings. The third-order valence-corrected chi connectivity index (χ3v) is 4.89. The predicted octanol–water partition coefficient (Wildman–Crippen LogP) is 1.86. The van der Waals surface area contributed by atoms with Crippen molar-refractivity contribution in [3.8, 4) is 0 Å². The SMILES string of the molecule is C[N+]1(C)CC[N+](C)(C2CCCCC2)CC1. The maximum atomic E-state index is 2.51. The van der Waals surface area contributed by atoms with Crippen LogP contribution < -0.4 is 0 Å². The average molecular weight is 212 g/mol. The zero-order valence-corrected chi connectivity index (χ0v) is 10.8. The molecule has 88 valence electrons. The topological polar surface area (TPSA) is 0 Å². The molecule has 2 aliphatic rings. The van der Waals surface area contributed by atoms with Crippen molar-refractivity contribution in [2.24, 2.45) is 0 Å². The minimum Gasteiger partial charge on any atom is -0.319 e. The van der Waals surface area contributed by atoms with Crippen molar-refractivity contribution in [2.45, 2.75) is 38.1 Å². The summed E-state index contributed by atoms with van der Waals surface area (Å²) in [6, 6.07) is 0.985. The van der Waals surface area contributed by atoms with Gasteiger partial charge < -0.3 is 8.97 Å². The summed E-state index contributed by atoms with van der Waals surface area (Å²) in [5, 5.41) is 0. The maximum absolute atomic E-state index is 2.51. The van der Waals surface area contributed by atoms with E-state index in [1.54, 1.807) is 0 Å². The van der Waals surface area contributed by atoms with Gasteiger partial charge in [-0.15, -0.1) is 0 Å². The van der Waals surface area contributed by atoms with E-state index in [-0.39, 0.29) is 0 Å². The van der Waals surface area contributed by atoms with Gasteiger partial charge in [0, 0.05) is 0 Å². The minimum absolute atomic E-state index is 0.985. The van der Waals surface area contributed by atoms with Gasteiger partial charge in [-0.25, -0.2) is 0 Å². The molecule has 1 aliphatic heterocycles. The highest BCUT2D eigenvalue weighted by molar-refractivity contribution is 4.68. The molecule has 0 spiro atoms. The van der Waals surface area contributed by atoms with E-state index in [0.717, 1.165) is 6.04 Å². The van der Waals surface area contributed by atoms with E-state index in [2.05, 4.69) is 21.1 Å². The molecule has 2 nitrogen and oxygen atoms in total. The number of rotatable bonds is 1. The summed E-state index contributed by atoms with van der Waals surface area (Å²) in [4.78, 5) is 0. The Labute approximate surface area is 95.0 Å². The normalized spacial score (nSPS) is 31.4. The van der Waals surface area contributed by atoms with Gasteiger partial charge in [-0.1, -0.05) is 6.42 Å². The van der Waals surface area contributed by atoms with Crippen LogP contribution in [0.1, 0.15) is 32.1 Å². The molecule has 15 heavy (non-hydrogen) atoms. The van der Waals surface area contributed by atoms with Crippen molar-refractivity contribution in [3.63, 3.8) is 0 Å². The first-order chi connectivity index (χ1) is 7.02. The van der Waals surface area contributed by atoms with Crippen LogP contribution in [0.25, 0.3) is 0 Å². The largest absolute Gasteiger partial charge is 0.319 e. The smallest absolute Gasteiger partial charge is 0.129 e. The molecule has 2 heteroatoms. The molecule has 0 N–H and O–H groups in total. The van der Waals surface area contributed by atoms with Gasteiger partial charge in [-0.3, -0.25) is 0 Å². The van der Waals surface area contributed by atoms with Crippen LogP contribution >= 0.6 is 0 Å². The van der Waals surface area contributed by atoms with Gasteiger partial charge in [0.15, 0.2) is 0 Å². The molecule has 0 aromatic rings. The zero-order valence-electron chi connectivity index (χ0n) is 10.8. The van der Waals surface area contributed by atoms with E-state index in [1.807, 2.05) is 0 Å². The number of hydrogen-bond donors (Lipinski definition) is 0. The molecule has 0 aromatic carbocycles. The highest BCUT2D eigenvalue weighted by Crippen LogP contribution is 2.29. The molecule has 0 aromatic heterocycles. The van der Waals surface area contributed by atoms with Gasteiger partial charge in [0.25, 0.3) is 0 Å². The fourth-order valence-electron chi connectivity index (χ4n) is 3.29. The molecule has 2 rings (SSSR count). The van der Waals surface area contributed by atoms with Crippen molar-refractivity contribution < 1.29 is 8.97 Å². The first-order valence-corrected chi connectivity index (χ1v) is 6.68. The Bertz CT molecular complexity index is 207. The first kappa shape index (κ1) is 11.4. The third kappa shape index (κ3) is 2.54. The van der Waals surface area contributed by atoms with E-state index in [0.29, 0.717) is 0 Å². The lowest BCUT2D eigenvalue weighted by molar-refractivity contribution is -1.02. The summed E-state index contributed by atoms with van der Waals surface area (Å²) in [6.45, 7) is 5.54. The summed E-state index contributed by atoms with van der Waals surface area (Å²) < 4.78 is 2.61. The van der Waals surface area contributed by atoms with Crippen molar-refractivity contribution in [2.75, 3.05) is 47.3 Å². The molecule has 1 heterocycles. The first-order valence-electron chi connectivity index (χ1n) is 6.68. The van der Waals surface area contributed by atoms with Crippen LogP contribution in [0.15, 0.2) is 0 Å². The van der Waals surface area contributed by atoms with Crippen molar-refractivity contribution in [1.29, 1.82) is 0 Å². The summed E-state index contributed by atoms with van der Waals surface area (Å²) >= 11 is 0. The van der Waals surface area contributed by atoms with E-state index in [1.165, 1.54) is 67.2 Å². The monoisotopic (exact) mass is 212 g/mol. The molecule has 1 aliphatic carbocycles. The van der Waals surface area contributed by atoms with Gasteiger partial charge in [0.05, 0.1) is 27.2 Å². The Hall–Kier alpha value is -0.0800. The Kier molecular flexibility index (Phi) is 3.09. The van der Waals surface area contributed by atoms with Crippen LogP contribution in [0.3, 0.4) is 0 Å². The lowest BCUT2D eigenvalue weighted by Gasteiger charge is -2.49. The second-order valence-corrected chi connectivity index (χ2v) is 6.60.